The van der Waals surface area contributed by atoms with E-state index in [9.17, 15) is 0 Å². The van der Waals surface area contributed by atoms with Gasteiger partial charge in [0.2, 0.25) is 0 Å². The molecule has 0 fully saturated rings. The summed E-state index contributed by atoms with van der Waals surface area (Å²) in [7, 11) is 0. The van der Waals surface area contributed by atoms with Crippen molar-refractivity contribution >= 4 is 0 Å². The largest absolute Gasteiger partial charge is 3.00 e. The van der Waals surface area contributed by atoms with Crippen molar-refractivity contribution in [3.05, 3.63) is 45.2 Å². The van der Waals surface area contributed by atoms with Crippen LogP contribution in [0, 0.1) is 14.9 Å². The second-order valence-electron chi connectivity index (χ2n) is 1.28. The summed E-state index contributed by atoms with van der Waals surface area (Å²) < 4.78 is 0. The van der Waals surface area contributed by atoms with E-state index in [1.54, 1.807) is 6.92 Å². The summed E-state index contributed by atoms with van der Waals surface area (Å²) in [4.78, 5) is 0. The van der Waals surface area contributed by atoms with Gasteiger partial charge >= 0.3 is 21.7 Å². The molecule has 0 unspecified atom stereocenters. The molecule has 0 aliphatic heterocycles. The molecule has 0 spiro atoms. The first kappa shape index (κ1) is 22.5. The molecule has 63 valence electrons. The maximum Gasteiger partial charge on any atom is 3.00 e. The zero-order valence-electron chi connectivity index (χ0n) is 7.54. The SMILES string of the molecule is CCO.[CH3-].[CH3-].[Ti+3].c1cc[cH-]c1. The van der Waals surface area contributed by atoms with Crippen molar-refractivity contribution in [1.82, 2.24) is 0 Å². The molecule has 0 aliphatic rings. The van der Waals surface area contributed by atoms with Gasteiger partial charge in [-0.1, -0.05) is 0 Å². The van der Waals surface area contributed by atoms with E-state index in [1.807, 2.05) is 30.3 Å². The minimum absolute atomic E-state index is 0. The summed E-state index contributed by atoms with van der Waals surface area (Å²) in [6, 6.07) is 10.0. The van der Waals surface area contributed by atoms with Crippen LogP contribution in [0.4, 0.5) is 0 Å². The number of rotatable bonds is 0. The zero-order valence-corrected chi connectivity index (χ0v) is 9.10. The van der Waals surface area contributed by atoms with E-state index in [1.165, 1.54) is 0 Å². The van der Waals surface area contributed by atoms with Gasteiger partial charge in [0.05, 0.1) is 0 Å². The normalized spacial score (nSPS) is 5.27. The Hall–Kier alpha value is 0.0243. The fourth-order valence-corrected chi connectivity index (χ4v) is 0.321. The van der Waals surface area contributed by atoms with Crippen LogP contribution in [0.3, 0.4) is 0 Å². The monoisotopic (exact) mass is 189 g/mol. The van der Waals surface area contributed by atoms with Crippen molar-refractivity contribution in [3.8, 4) is 0 Å². The van der Waals surface area contributed by atoms with Crippen LogP contribution < -0.4 is 0 Å². The molecule has 1 N–H and O–H groups in total. The molecule has 0 saturated carbocycles. The molecular formula is C9H17OTi. The molecule has 2 heteroatoms. The first-order valence-corrected chi connectivity index (χ1v) is 2.69. The first-order valence-electron chi connectivity index (χ1n) is 2.69. The van der Waals surface area contributed by atoms with Crippen LogP contribution in [0.5, 0.6) is 0 Å². The third kappa shape index (κ3) is 25.6. The summed E-state index contributed by atoms with van der Waals surface area (Å²) in [6.45, 7) is 1.93. The van der Waals surface area contributed by atoms with Crippen LogP contribution in [0.2, 0.25) is 0 Å². The first-order chi connectivity index (χ1) is 3.91. The Morgan fingerprint density at radius 3 is 1.55 bits per heavy atom. The second kappa shape index (κ2) is 22.5. The van der Waals surface area contributed by atoms with Crippen molar-refractivity contribution in [1.29, 1.82) is 0 Å². The average Bonchev–Trinajstić information content (AvgIpc) is 2.17. The van der Waals surface area contributed by atoms with Crippen molar-refractivity contribution < 1.29 is 26.8 Å². The number of aliphatic hydroxyl groups is 1. The Bertz CT molecular complexity index is 76.5. The van der Waals surface area contributed by atoms with E-state index >= 15 is 0 Å². The molecule has 1 radical (unpaired) electrons. The summed E-state index contributed by atoms with van der Waals surface area (Å²) in [6.07, 6.45) is 0. The molecule has 0 aromatic heterocycles. The average molecular weight is 189 g/mol. The summed E-state index contributed by atoms with van der Waals surface area (Å²) in [5, 5.41) is 7.57. The van der Waals surface area contributed by atoms with Crippen molar-refractivity contribution in [2.24, 2.45) is 0 Å². The molecule has 0 saturated heterocycles. The van der Waals surface area contributed by atoms with E-state index in [0.29, 0.717) is 0 Å². The van der Waals surface area contributed by atoms with E-state index in [0.717, 1.165) is 0 Å². The number of aliphatic hydroxyl groups excluding tert-OH is 1. The van der Waals surface area contributed by atoms with Crippen molar-refractivity contribution in [2.75, 3.05) is 6.61 Å². The predicted molar refractivity (Wildman–Crippen MR) is 47.6 cm³/mol. The van der Waals surface area contributed by atoms with Crippen molar-refractivity contribution in [3.63, 3.8) is 0 Å². The maximum absolute atomic E-state index is 7.57. The number of hydrogen-bond acceptors (Lipinski definition) is 1. The van der Waals surface area contributed by atoms with Gasteiger partial charge < -0.3 is 20.0 Å². The molecule has 1 aromatic carbocycles. The van der Waals surface area contributed by atoms with E-state index in [2.05, 4.69) is 0 Å². The van der Waals surface area contributed by atoms with Gasteiger partial charge in [0.15, 0.2) is 0 Å². The van der Waals surface area contributed by atoms with Crippen LogP contribution in [0.15, 0.2) is 30.3 Å². The molecule has 1 rings (SSSR count). The molecule has 0 amide bonds. The summed E-state index contributed by atoms with van der Waals surface area (Å²) in [5.41, 5.74) is 0. The molecule has 0 aliphatic carbocycles. The smallest absolute Gasteiger partial charge is 0.397 e. The third-order valence-corrected chi connectivity index (χ3v) is 0.556. The molecule has 1 nitrogen and oxygen atoms in total. The predicted octanol–water partition coefficient (Wildman–Crippen LogP) is 2.30. The summed E-state index contributed by atoms with van der Waals surface area (Å²) >= 11 is 0. The fraction of sp³-hybridized carbons (Fsp3) is 0.222. The zero-order chi connectivity index (χ0) is 6.24. The standard InChI is InChI=1S/C5H5.C2H6O.2CH3.Ti/c1-2-4-5-3-1;1-2-3;;;/h1-5H;3H,2H2,1H3;2*1H3;/q-1;;2*-1;+3. The Morgan fingerprint density at radius 2 is 1.45 bits per heavy atom. The third-order valence-electron chi connectivity index (χ3n) is 0.556. The number of hydrogen-bond donors (Lipinski definition) is 1. The van der Waals surface area contributed by atoms with Gasteiger partial charge in [-0.05, 0) is 6.92 Å². The van der Waals surface area contributed by atoms with E-state index in [-0.39, 0.29) is 43.2 Å². The second-order valence-corrected chi connectivity index (χ2v) is 1.28. The molecule has 11 heavy (non-hydrogen) atoms. The Balaban J connectivity index is -0.0000000379. The van der Waals surface area contributed by atoms with Gasteiger partial charge in [0.1, 0.15) is 0 Å². The van der Waals surface area contributed by atoms with Crippen molar-refractivity contribution in [2.45, 2.75) is 6.92 Å². The molecule has 0 bridgehead atoms. The van der Waals surface area contributed by atoms with Crippen LogP contribution >= 0.6 is 0 Å². The van der Waals surface area contributed by atoms with E-state index in [4.69, 9.17) is 5.11 Å². The molecular weight excluding hydrogens is 172 g/mol. The Morgan fingerprint density at radius 1 is 1.18 bits per heavy atom. The van der Waals surface area contributed by atoms with Gasteiger partial charge in [0, 0.05) is 6.61 Å². The van der Waals surface area contributed by atoms with Gasteiger partial charge in [-0.25, -0.2) is 12.1 Å². The minimum Gasteiger partial charge on any atom is -0.397 e. The van der Waals surface area contributed by atoms with Gasteiger partial charge in [0.25, 0.3) is 0 Å². The van der Waals surface area contributed by atoms with E-state index < -0.39 is 0 Å². The van der Waals surface area contributed by atoms with Crippen LogP contribution in [0.25, 0.3) is 0 Å². The van der Waals surface area contributed by atoms with Gasteiger partial charge in [-0.3, -0.25) is 0 Å². The quantitative estimate of drug-likeness (QED) is 0.490. The topological polar surface area (TPSA) is 20.2 Å². The molecule has 1 aromatic rings. The van der Waals surface area contributed by atoms with Gasteiger partial charge in [-0.15, -0.1) is 0 Å². The molecule has 0 atom stereocenters. The van der Waals surface area contributed by atoms with Gasteiger partial charge in [-0.2, -0.15) is 18.2 Å². The van der Waals surface area contributed by atoms with Crippen LogP contribution in [-0.4, -0.2) is 11.7 Å². The Kier molecular flexibility index (Phi) is 45.9. The maximum atomic E-state index is 7.57. The minimum atomic E-state index is 0. The van der Waals surface area contributed by atoms with Crippen LogP contribution in [0.1, 0.15) is 6.92 Å². The summed E-state index contributed by atoms with van der Waals surface area (Å²) in [5.74, 6) is 0. The van der Waals surface area contributed by atoms with Crippen LogP contribution in [-0.2, 0) is 21.7 Å². The fourth-order valence-electron chi connectivity index (χ4n) is 0.321. The molecule has 0 heterocycles. The Labute approximate surface area is 85.7 Å².